The highest BCUT2D eigenvalue weighted by Gasteiger charge is 2.05. The number of ketones is 1. The van der Waals surface area contributed by atoms with Gasteiger partial charge >= 0.3 is 0 Å². The number of carbonyl (C=O) groups excluding carboxylic acids is 1. The molecule has 8 heavy (non-hydrogen) atoms. The average molecular weight is 133 g/mol. The van der Waals surface area contributed by atoms with E-state index in [0.29, 0.717) is 5.88 Å². The summed E-state index contributed by atoms with van der Waals surface area (Å²) in [4.78, 5) is 10.5. The first-order valence-electron chi connectivity index (χ1n) is 2.44. The molecular weight excluding hydrogens is 124 g/mol. The molecule has 0 aliphatic carbocycles. The number of hydrogen-bond acceptors (Lipinski definition) is 1. The van der Waals surface area contributed by atoms with Gasteiger partial charge in [-0.15, -0.1) is 11.6 Å². The molecule has 0 aromatic heterocycles. The van der Waals surface area contributed by atoms with Crippen LogP contribution in [0.25, 0.3) is 0 Å². The molecule has 0 N–H and O–H groups in total. The molecule has 1 nitrogen and oxygen atoms in total. The number of carbonyl (C=O) groups is 1. The van der Waals surface area contributed by atoms with E-state index in [1.165, 1.54) is 6.08 Å². The Bertz CT molecular complexity index is 98.7. The average Bonchev–Trinajstić information content (AvgIpc) is 1.84. The van der Waals surface area contributed by atoms with Crippen LogP contribution in [0.2, 0.25) is 0 Å². The lowest BCUT2D eigenvalue weighted by Crippen LogP contribution is -2.07. The number of hydrogen-bond donors (Lipinski definition) is 0. The number of halogens is 1. The molecule has 0 saturated heterocycles. The Morgan fingerprint density at radius 2 is 2.50 bits per heavy atom. The highest BCUT2D eigenvalue weighted by molar-refractivity contribution is 6.19. The largest absolute Gasteiger partial charge is 0.295 e. The molecule has 0 spiro atoms. The van der Waals surface area contributed by atoms with Gasteiger partial charge in [-0.1, -0.05) is 13.5 Å². The van der Waals surface area contributed by atoms with E-state index >= 15 is 0 Å². The van der Waals surface area contributed by atoms with Crippen molar-refractivity contribution >= 4 is 17.4 Å². The number of alkyl halides is 1. The quantitative estimate of drug-likeness (QED) is 0.421. The van der Waals surface area contributed by atoms with Crippen molar-refractivity contribution in [2.24, 2.45) is 5.92 Å². The van der Waals surface area contributed by atoms with Gasteiger partial charge in [0.05, 0.1) is 0 Å². The van der Waals surface area contributed by atoms with E-state index in [1.807, 2.05) is 0 Å². The summed E-state index contributed by atoms with van der Waals surface area (Å²) in [7, 11) is 0. The zero-order chi connectivity index (χ0) is 6.57. The van der Waals surface area contributed by atoms with Gasteiger partial charge in [0.1, 0.15) is 0 Å². The minimum absolute atomic E-state index is 0.0139. The maximum absolute atomic E-state index is 10.5. The molecule has 0 aliphatic rings. The maximum Gasteiger partial charge on any atom is 0.159 e. The molecule has 0 fully saturated rings. The molecule has 0 radical (unpaired) electrons. The lowest BCUT2D eigenvalue weighted by Gasteiger charge is -1.97. The molecular formula is C6H9ClO. The van der Waals surface area contributed by atoms with Crippen LogP contribution in [0.5, 0.6) is 0 Å². The fourth-order valence-electron chi connectivity index (χ4n) is 0.277. The van der Waals surface area contributed by atoms with Gasteiger partial charge in [-0.2, -0.15) is 0 Å². The van der Waals surface area contributed by atoms with Crippen LogP contribution in [0.4, 0.5) is 0 Å². The monoisotopic (exact) mass is 132 g/mol. The summed E-state index contributed by atoms with van der Waals surface area (Å²) in [5, 5.41) is 0. The molecule has 0 amide bonds. The molecule has 0 aromatic carbocycles. The molecule has 46 valence electrons. The lowest BCUT2D eigenvalue weighted by atomic mass is 10.1. The fourth-order valence-corrected chi connectivity index (χ4v) is 0.429. The van der Waals surface area contributed by atoms with Crippen LogP contribution in [0.3, 0.4) is 0 Å². The summed E-state index contributed by atoms with van der Waals surface area (Å²) in [6.07, 6.45) is 1.30. The van der Waals surface area contributed by atoms with Crippen LogP contribution in [0.15, 0.2) is 12.7 Å². The van der Waals surface area contributed by atoms with Gasteiger partial charge in [-0.3, -0.25) is 4.79 Å². The summed E-state index contributed by atoms with van der Waals surface area (Å²) in [5.41, 5.74) is 0. The lowest BCUT2D eigenvalue weighted by molar-refractivity contribution is -0.117. The van der Waals surface area contributed by atoms with Crippen molar-refractivity contribution in [3.63, 3.8) is 0 Å². The fraction of sp³-hybridized carbons (Fsp3) is 0.500. The van der Waals surface area contributed by atoms with E-state index in [2.05, 4.69) is 6.58 Å². The summed E-state index contributed by atoms with van der Waals surface area (Å²) in [5.74, 6) is 0.319. The van der Waals surface area contributed by atoms with Gasteiger partial charge in [0.15, 0.2) is 5.78 Å². The van der Waals surface area contributed by atoms with Crippen LogP contribution in [0.1, 0.15) is 6.92 Å². The number of rotatable bonds is 3. The van der Waals surface area contributed by atoms with E-state index in [0.717, 1.165) is 0 Å². The third kappa shape index (κ3) is 2.12. The van der Waals surface area contributed by atoms with E-state index in [-0.39, 0.29) is 11.7 Å². The molecule has 0 aromatic rings. The Morgan fingerprint density at radius 3 is 2.62 bits per heavy atom. The van der Waals surface area contributed by atoms with Gasteiger partial charge in [-0.25, -0.2) is 0 Å². The van der Waals surface area contributed by atoms with Crippen molar-refractivity contribution in [3.05, 3.63) is 12.7 Å². The van der Waals surface area contributed by atoms with Gasteiger partial charge in [-0.05, 0) is 6.08 Å². The summed E-state index contributed by atoms with van der Waals surface area (Å²) < 4.78 is 0. The third-order valence-corrected chi connectivity index (χ3v) is 1.38. The second-order valence-electron chi connectivity index (χ2n) is 1.66. The molecule has 0 aliphatic heterocycles. The zero-order valence-corrected chi connectivity index (χ0v) is 5.61. The molecule has 1 atom stereocenters. The van der Waals surface area contributed by atoms with Crippen LogP contribution in [0, 0.1) is 5.92 Å². The Morgan fingerprint density at radius 1 is 2.00 bits per heavy atom. The predicted octanol–water partition coefficient (Wildman–Crippen LogP) is 1.62. The van der Waals surface area contributed by atoms with Crippen molar-refractivity contribution < 1.29 is 4.79 Å². The van der Waals surface area contributed by atoms with Crippen molar-refractivity contribution in [2.75, 3.05) is 5.88 Å². The van der Waals surface area contributed by atoms with Crippen molar-refractivity contribution in [3.8, 4) is 0 Å². The normalized spacial score (nSPS) is 12.8. The van der Waals surface area contributed by atoms with Crippen LogP contribution in [-0.4, -0.2) is 11.7 Å². The minimum atomic E-state index is -0.0748. The Hall–Kier alpha value is -0.300. The SMILES string of the molecule is C=CC(=O)C(C)CCl. The topological polar surface area (TPSA) is 17.1 Å². The standard InChI is InChI=1S/C6H9ClO/c1-3-6(8)5(2)4-7/h3,5H,1,4H2,2H3. The van der Waals surface area contributed by atoms with Gasteiger partial charge < -0.3 is 0 Å². The summed E-state index contributed by atoms with van der Waals surface area (Å²) >= 11 is 5.36. The smallest absolute Gasteiger partial charge is 0.159 e. The summed E-state index contributed by atoms with van der Waals surface area (Å²) in [6.45, 7) is 5.10. The highest BCUT2D eigenvalue weighted by Crippen LogP contribution is 1.98. The minimum Gasteiger partial charge on any atom is -0.295 e. The maximum atomic E-state index is 10.5. The zero-order valence-electron chi connectivity index (χ0n) is 4.86. The first kappa shape index (κ1) is 7.70. The van der Waals surface area contributed by atoms with Crippen molar-refractivity contribution in [1.82, 2.24) is 0 Å². The first-order chi connectivity index (χ1) is 3.72. The van der Waals surface area contributed by atoms with Crippen LogP contribution < -0.4 is 0 Å². The van der Waals surface area contributed by atoms with E-state index < -0.39 is 0 Å². The molecule has 0 rings (SSSR count). The molecule has 0 saturated carbocycles. The molecule has 1 unspecified atom stereocenters. The Labute approximate surface area is 54.3 Å². The van der Waals surface area contributed by atoms with Gasteiger partial charge in [0.25, 0.3) is 0 Å². The Kier molecular flexibility index (Phi) is 3.53. The van der Waals surface area contributed by atoms with Crippen molar-refractivity contribution in [2.45, 2.75) is 6.92 Å². The van der Waals surface area contributed by atoms with Crippen molar-refractivity contribution in [1.29, 1.82) is 0 Å². The van der Waals surface area contributed by atoms with E-state index in [1.54, 1.807) is 6.92 Å². The van der Waals surface area contributed by atoms with E-state index in [4.69, 9.17) is 11.6 Å². The second-order valence-corrected chi connectivity index (χ2v) is 1.97. The van der Waals surface area contributed by atoms with Crippen LogP contribution >= 0.6 is 11.6 Å². The first-order valence-corrected chi connectivity index (χ1v) is 2.98. The molecule has 2 heteroatoms. The van der Waals surface area contributed by atoms with Gasteiger partial charge in [0.2, 0.25) is 0 Å². The van der Waals surface area contributed by atoms with Crippen LogP contribution in [-0.2, 0) is 4.79 Å². The predicted molar refractivity (Wildman–Crippen MR) is 35.1 cm³/mol. The third-order valence-electron chi connectivity index (χ3n) is 0.918. The number of allylic oxidation sites excluding steroid dienone is 1. The Balaban J connectivity index is 3.62. The van der Waals surface area contributed by atoms with Gasteiger partial charge in [0, 0.05) is 11.8 Å². The summed E-state index contributed by atoms with van der Waals surface area (Å²) in [6, 6.07) is 0. The second kappa shape index (κ2) is 3.67. The molecule has 0 heterocycles. The molecule has 0 bridgehead atoms. The van der Waals surface area contributed by atoms with E-state index in [9.17, 15) is 4.79 Å². The highest BCUT2D eigenvalue weighted by atomic mass is 35.5.